The second kappa shape index (κ2) is 13.8. The third-order valence-corrected chi connectivity index (χ3v) is 2.04. The molecule has 0 radical (unpaired) electrons. The number of carbonyl (C=O) groups excluding carboxylic acids is 2. The zero-order chi connectivity index (χ0) is 13.5. The highest BCUT2D eigenvalue weighted by molar-refractivity contribution is 5.58. The fourth-order valence-electron chi connectivity index (χ4n) is 1.07. The van der Waals surface area contributed by atoms with Gasteiger partial charge in [-0.3, -0.25) is 9.79 Å². The molecule has 6 nitrogen and oxygen atoms in total. The minimum absolute atomic E-state index is 0.430. The lowest BCUT2D eigenvalue weighted by molar-refractivity contribution is -0.116. The van der Waals surface area contributed by atoms with Crippen molar-refractivity contribution in [2.75, 3.05) is 46.6 Å². The molecule has 0 heterocycles. The van der Waals surface area contributed by atoms with Gasteiger partial charge >= 0.3 is 0 Å². The Labute approximate surface area is 108 Å². The van der Waals surface area contributed by atoms with E-state index in [-0.39, 0.29) is 0 Å². The Bertz CT molecular complexity index is 234. The molecule has 0 saturated carbocycles. The molecule has 0 atom stereocenters. The third kappa shape index (κ3) is 12.8. The van der Waals surface area contributed by atoms with Gasteiger partial charge in [0.05, 0.1) is 33.0 Å². The van der Waals surface area contributed by atoms with E-state index in [1.807, 2.05) is 0 Å². The van der Waals surface area contributed by atoms with Gasteiger partial charge in [-0.25, -0.2) is 0 Å². The molecule has 0 aromatic rings. The van der Waals surface area contributed by atoms with Crippen molar-refractivity contribution in [2.45, 2.75) is 12.8 Å². The number of hydrogen-bond donors (Lipinski definition) is 0. The standard InChI is InChI=1S/C12H22N2O4/c1-14(12-16)6-2-4-13-5-9-18-11-10-17-8-3-7-15/h4,7,12H,2-3,5-6,8-11H2,1H3. The van der Waals surface area contributed by atoms with Crippen LogP contribution in [0.25, 0.3) is 0 Å². The second-order valence-corrected chi connectivity index (χ2v) is 3.64. The van der Waals surface area contributed by atoms with Gasteiger partial charge in [0.1, 0.15) is 6.29 Å². The lowest BCUT2D eigenvalue weighted by Crippen LogP contribution is -2.17. The Hall–Kier alpha value is -1.27. The highest BCUT2D eigenvalue weighted by atomic mass is 16.5. The molecular weight excluding hydrogens is 236 g/mol. The molecule has 0 fully saturated rings. The lowest BCUT2D eigenvalue weighted by Gasteiger charge is -2.06. The van der Waals surface area contributed by atoms with Crippen molar-refractivity contribution in [2.24, 2.45) is 4.99 Å². The van der Waals surface area contributed by atoms with Crippen LogP contribution in [0.4, 0.5) is 0 Å². The number of hydrogen-bond acceptors (Lipinski definition) is 5. The zero-order valence-corrected chi connectivity index (χ0v) is 10.9. The van der Waals surface area contributed by atoms with Crippen LogP contribution in [0.3, 0.4) is 0 Å². The van der Waals surface area contributed by atoms with Gasteiger partial charge in [-0.2, -0.15) is 0 Å². The Kier molecular flexibility index (Phi) is 12.8. The molecule has 0 unspecified atom stereocenters. The van der Waals surface area contributed by atoms with Gasteiger partial charge in [0, 0.05) is 26.2 Å². The van der Waals surface area contributed by atoms with Gasteiger partial charge in [0.2, 0.25) is 6.41 Å². The monoisotopic (exact) mass is 258 g/mol. The smallest absolute Gasteiger partial charge is 0.209 e. The topological polar surface area (TPSA) is 68.2 Å². The maximum atomic E-state index is 10.3. The van der Waals surface area contributed by atoms with E-state index >= 15 is 0 Å². The van der Waals surface area contributed by atoms with E-state index in [1.165, 1.54) is 0 Å². The average Bonchev–Trinajstić information content (AvgIpc) is 2.39. The molecule has 104 valence electrons. The molecule has 0 aliphatic heterocycles. The highest BCUT2D eigenvalue weighted by Crippen LogP contribution is 1.83. The molecular formula is C12H22N2O4. The van der Waals surface area contributed by atoms with Gasteiger partial charge in [0.25, 0.3) is 0 Å². The van der Waals surface area contributed by atoms with E-state index in [9.17, 15) is 9.59 Å². The van der Waals surface area contributed by atoms with Crippen LogP contribution in [-0.2, 0) is 19.1 Å². The van der Waals surface area contributed by atoms with Crippen LogP contribution in [-0.4, -0.2) is 70.4 Å². The molecule has 0 N–H and O–H groups in total. The van der Waals surface area contributed by atoms with E-state index in [2.05, 4.69) is 4.99 Å². The first-order chi connectivity index (χ1) is 8.81. The van der Waals surface area contributed by atoms with Crippen molar-refractivity contribution in [3.8, 4) is 0 Å². The minimum atomic E-state index is 0.430. The maximum Gasteiger partial charge on any atom is 0.209 e. The van der Waals surface area contributed by atoms with Crippen LogP contribution in [0, 0.1) is 0 Å². The van der Waals surface area contributed by atoms with Crippen LogP contribution >= 0.6 is 0 Å². The Morgan fingerprint density at radius 1 is 1.06 bits per heavy atom. The molecule has 0 aliphatic carbocycles. The van der Waals surface area contributed by atoms with Crippen LogP contribution < -0.4 is 0 Å². The molecule has 0 rings (SSSR count). The van der Waals surface area contributed by atoms with Crippen LogP contribution in [0.5, 0.6) is 0 Å². The van der Waals surface area contributed by atoms with E-state index in [0.29, 0.717) is 45.9 Å². The molecule has 6 heteroatoms. The van der Waals surface area contributed by atoms with E-state index in [4.69, 9.17) is 9.47 Å². The first-order valence-corrected chi connectivity index (χ1v) is 6.04. The number of nitrogens with zero attached hydrogens (tertiary/aromatic N) is 2. The molecule has 0 spiro atoms. The third-order valence-electron chi connectivity index (χ3n) is 2.04. The highest BCUT2D eigenvalue weighted by Gasteiger charge is 1.90. The number of carbonyl (C=O) groups is 2. The molecule has 0 bridgehead atoms. The molecule has 0 saturated heterocycles. The Balaban J connectivity index is 3.12. The summed E-state index contributed by atoms with van der Waals surface area (Å²) in [4.78, 5) is 26.0. The maximum absolute atomic E-state index is 10.3. The van der Waals surface area contributed by atoms with Crippen molar-refractivity contribution < 1.29 is 19.1 Å². The summed E-state index contributed by atoms with van der Waals surface area (Å²) in [5, 5.41) is 0. The molecule has 0 aromatic heterocycles. The summed E-state index contributed by atoms with van der Waals surface area (Å²) in [6, 6.07) is 0. The van der Waals surface area contributed by atoms with Crippen molar-refractivity contribution >= 4 is 18.9 Å². The summed E-state index contributed by atoms with van der Waals surface area (Å²) in [5.41, 5.74) is 0. The Morgan fingerprint density at radius 3 is 2.44 bits per heavy atom. The predicted molar refractivity (Wildman–Crippen MR) is 69.0 cm³/mol. The first-order valence-electron chi connectivity index (χ1n) is 6.04. The molecule has 0 aliphatic rings. The van der Waals surface area contributed by atoms with Crippen molar-refractivity contribution in [1.82, 2.24) is 4.90 Å². The fraction of sp³-hybridized carbons (Fsp3) is 0.750. The molecule has 0 aromatic carbocycles. The SMILES string of the molecule is CN(C=O)CCC=NCCOCCOCCC=O. The summed E-state index contributed by atoms with van der Waals surface area (Å²) in [6.45, 7) is 3.31. The minimum Gasteiger partial charge on any atom is -0.379 e. The lowest BCUT2D eigenvalue weighted by atomic mass is 10.4. The molecule has 1 amide bonds. The number of ether oxygens (including phenoxy) is 2. The van der Waals surface area contributed by atoms with Gasteiger partial charge < -0.3 is 19.2 Å². The van der Waals surface area contributed by atoms with Crippen LogP contribution in [0.1, 0.15) is 12.8 Å². The molecule has 18 heavy (non-hydrogen) atoms. The summed E-state index contributed by atoms with van der Waals surface area (Å²) in [5.74, 6) is 0. The van der Waals surface area contributed by atoms with Gasteiger partial charge in [0.15, 0.2) is 0 Å². The number of aldehydes is 1. The Morgan fingerprint density at radius 2 is 1.78 bits per heavy atom. The number of amides is 1. The van der Waals surface area contributed by atoms with E-state index in [0.717, 1.165) is 19.1 Å². The summed E-state index contributed by atoms with van der Waals surface area (Å²) in [6.07, 6.45) is 4.60. The van der Waals surface area contributed by atoms with E-state index in [1.54, 1.807) is 18.2 Å². The summed E-state index contributed by atoms with van der Waals surface area (Å²) in [7, 11) is 1.73. The average molecular weight is 258 g/mol. The van der Waals surface area contributed by atoms with Crippen LogP contribution in [0.15, 0.2) is 4.99 Å². The number of rotatable bonds is 13. The van der Waals surface area contributed by atoms with Crippen molar-refractivity contribution in [3.63, 3.8) is 0 Å². The normalized spacial score (nSPS) is 10.7. The number of aliphatic imine (C=N–C) groups is 1. The summed E-state index contributed by atoms with van der Waals surface area (Å²) >= 11 is 0. The van der Waals surface area contributed by atoms with Gasteiger partial charge in [-0.15, -0.1) is 0 Å². The summed E-state index contributed by atoms with van der Waals surface area (Å²) < 4.78 is 10.4. The van der Waals surface area contributed by atoms with Gasteiger partial charge in [-0.1, -0.05) is 0 Å². The van der Waals surface area contributed by atoms with Crippen LogP contribution in [0.2, 0.25) is 0 Å². The fourth-order valence-corrected chi connectivity index (χ4v) is 1.07. The quantitative estimate of drug-likeness (QED) is 0.268. The van der Waals surface area contributed by atoms with E-state index < -0.39 is 0 Å². The van der Waals surface area contributed by atoms with Gasteiger partial charge in [-0.05, 0) is 6.42 Å². The first kappa shape index (κ1) is 16.7. The van der Waals surface area contributed by atoms with Crippen molar-refractivity contribution in [1.29, 1.82) is 0 Å². The predicted octanol–water partition coefficient (Wildman–Crippen LogP) is 0.158. The van der Waals surface area contributed by atoms with Crippen molar-refractivity contribution in [3.05, 3.63) is 0 Å². The zero-order valence-electron chi connectivity index (χ0n) is 10.9. The second-order valence-electron chi connectivity index (χ2n) is 3.64. The largest absolute Gasteiger partial charge is 0.379 e.